The number of nitrogens with two attached hydrogens (primary N) is 1. The van der Waals surface area contributed by atoms with Crippen LogP contribution in [0.25, 0.3) is 10.9 Å². The van der Waals surface area contributed by atoms with E-state index in [1.54, 1.807) is 19.9 Å². The van der Waals surface area contributed by atoms with Crippen LogP contribution in [0.4, 0.5) is 0 Å². The Morgan fingerprint density at radius 1 is 1.29 bits per heavy atom. The van der Waals surface area contributed by atoms with Crippen molar-refractivity contribution < 1.29 is 9.59 Å². The molecule has 0 atom stereocenters. The fourth-order valence-electron chi connectivity index (χ4n) is 2.09. The van der Waals surface area contributed by atoms with Crippen LogP contribution in [0.5, 0.6) is 0 Å². The first-order valence-corrected chi connectivity index (χ1v) is 6.89. The average molecular weight is 287 g/mol. The van der Waals surface area contributed by atoms with Crippen molar-refractivity contribution in [1.82, 2.24) is 10.3 Å². The van der Waals surface area contributed by atoms with E-state index in [2.05, 4.69) is 10.3 Å². The number of aromatic amines is 1. The van der Waals surface area contributed by atoms with Crippen LogP contribution in [0, 0.1) is 19.3 Å². The lowest BCUT2D eigenvalue weighted by molar-refractivity contribution is -0.125. The highest BCUT2D eigenvalue weighted by molar-refractivity contribution is 5.99. The Balaban J connectivity index is 2.20. The van der Waals surface area contributed by atoms with Gasteiger partial charge < -0.3 is 16.0 Å². The molecule has 0 spiro atoms. The zero-order chi connectivity index (χ0) is 15.8. The summed E-state index contributed by atoms with van der Waals surface area (Å²) in [5, 5.41) is 3.80. The maximum absolute atomic E-state index is 12.2. The van der Waals surface area contributed by atoms with Crippen LogP contribution in [0.3, 0.4) is 0 Å². The molecule has 5 heteroatoms. The van der Waals surface area contributed by atoms with E-state index in [-0.39, 0.29) is 12.5 Å². The maximum atomic E-state index is 12.2. The number of hydrogen-bond donors (Lipinski definition) is 3. The minimum Gasteiger partial charge on any atom is -0.369 e. The highest BCUT2D eigenvalue weighted by Crippen LogP contribution is 2.22. The van der Waals surface area contributed by atoms with Gasteiger partial charge in [-0.05, 0) is 51.5 Å². The second kappa shape index (κ2) is 5.24. The van der Waals surface area contributed by atoms with Gasteiger partial charge in [-0.3, -0.25) is 9.59 Å². The fourth-order valence-corrected chi connectivity index (χ4v) is 2.09. The number of aryl methyl sites for hydroxylation is 2. The number of benzene rings is 1. The summed E-state index contributed by atoms with van der Waals surface area (Å²) in [6, 6.07) is 5.52. The number of carbonyl (C=O) groups excluding carboxylic acids is 2. The van der Waals surface area contributed by atoms with Crippen LogP contribution in [0.2, 0.25) is 0 Å². The molecule has 5 nitrogen and oxygen atoms in total. The minimum absolute atomic E-state index is 0.204. The number of H-pyrrole nitrogens is 1. The minimum atomic E-state index is -0.764. The highest BCUT2D eigenvalue weighted by atomic mass is 16.2. The molecule has 2 rings (SSSR count). The predicted molar refractivity (Wildman–Crippen MR) is 83.1 cm³/mol. The summed E-state index contributed by atoms with van der Waals surface area (Å²) in [5.74, 6) is -0.639. The number of hydrogen-bond acceptors (Lipinski definition) is 2. The number of fused-ring (bicyclic) bond motifs is 1. The molecule has 112 valence electrons. The molecule has 1 aromatic carbocycles. The van der Waals surface area contributed by atoms with Crippen LogP contribution in [-0.4, -0.2) is 23.3 Å². The number of nitrogens with one attached hydrogen (secondary N) is 2. The van der Waals surface area contributed by atoms with Crippen molar-refractivity contribution in [2.45, 2.75) is 27.7 Å². The number of rotatable bonds is 4. The van der Waals surface area contributed by atoms with E-state index < -0.39 is 11.3 Å². The van der Waals surface area contributed by atoms with Crippen molar-refractivity contribution in [3.63, 3.8) is 0 Å². The van der Waals surface area contributed by atoms with Gasteiger partial charge in [0.05, 0.1) is 5.41 Å². The molecule has 2 aromatic rings. The summed E-state index contributed by atoms with van der Waals surface area (Å²) < 4.78 is 0. The molecule has 0 saturated heterocycles. The lowest BCUT2D eigenvalue weighted by Crippen LogP contribution is -2.42. The maximum Gasteiger partial charge on any atom is 0.251 e. The summed E-state index contributed by atoms with van der Waals surface area (Å²) in [6.45, 7) is 7.65. The molecule has 0 aliphatic heterocycles. The van der Waals surface area contributed by atoms with Crippen LogP contribution in [0.15, 0.2) is 18.2 Å². The zero-order valence-electron chi connectivity index (χ0n) is 12.8. The van der Waals surface area contributed by atoms with Gasteiger partial charge in [0.25, 0.3) is 5.91 Å². The molecule has 1 aromatic heterocycles. The van der Waals surface area contributed by atoms with E-state index in [1.807, 2.05) is 26.0 Å². The van der Waals surface area contributed by atoms with Gasteiger partial charge in [-0.25, -0.2) is 0 Å². The van der Waals surface area contributed by atoms with E-state index >= 15 is 0 Å². The van der Waals surface area contributed by atoms with Crippen molar-refractivity contribution >= 4 is 22.7 Å². The molecule has 0 aliphatic rings. The van der Waals surface area contributed by atoms with E-state index in [0.29, 0.717) is 5.56 Å². The third-order valence-corrected chi connectivity index (χ3v) is 3.93. The molecular weight excluding hydrogens is 266 g/mol. The second-order valence-corrected chi connectivity index (χ2v) is 6.07. The predicted octanol–water partition coefficient (Wildman–Crippen LogP) is 2.03. The highest BCUT2D eigenvalue weighted by Gasteiger charge is 2.25. The van der Waals surface area contributed by atoms with Crippen molar-refractivity contribution in [2.75, 3.05) is 6.54 Å². The average Bonchev–Trinajstić information content (AvgIpc) is 2.71. The van der Waals surface area contributed by atoms with Gasteiger partial charge in [0.1, 0.15) is 0 Å². The van der Waals surface area contributed by atoms with Crippen LogP contribution in [-0.2, 0) is 4.79 Å². The molecule has 1 heterocycles. The number of aromatic nitrogens is 1. The smallest absolute Gasteiger partial charge is 0.251 e. The third kappa shape index (κ3) is 2.91. The monoisotopic (exact) mass is 287 g/mol. The van der Waals surface area contributed by atoms with Crippen LogP contribution >= 0.6 is 0 Å². The summed E-state index contributed by atoms with van der Waals surface area (Å²) in [7, 11) is 0. The normalized spacial score (nSPS) is 11.6. The van der Waals surface area contributed by atoms with Gasteiger partial charge in [-0.15, -0.1) is 0 Å². The van der Waals surface area contributed by atoms with Gasteiger partial charge >= 0.3 is 0 Å². The van der Waals surface area contributed by atoms with E-state index in [0.717, 1.165) is 22.2 Å². The number of primary amides is 1. The first kappa shape index (κ1) is 15.1. The zero-order valence-corrected chi connectivity index (χ0v) is 12.8. The first-order chi connectivity index (χ1) is 9.72. The largest absolute Gasteiger partial charge is 0.369 e. The summed E-state index contributed by atoms with van der Waals surface area (Å²) in [6.07, 6.45) is 0. The van der Waals surface area contributed by atoms with Crippen LogP contribution in [0.1, 0.15) is 35.5 Å². The van der Waals surface area contributed by atoms with Crippen molar-refractivity contribution in [2.24, 2.45) is 11.1 Å². The quantitative estimate of drug-likeness (QED) is 0.803. The standard InChI is InChI=1S/C16H21N3O2/c1-9-10(2)19-13-6-5-11(7-12(9)13)14(20)18-8-16(3,4)15(17)21/h5-7,19H,8H2,1-4H3,(H2,17,21)(H,18,20). The molecule has 2 amide bonds. The summed E-state index contributed by atoms with van der Waals surface area (Å²) >= 11 is 0. The van der Waals surface area contributed by atoms with Gasteiger partial charge in [-0.2, -0.15) is 0 Å². The Labute approximate surface area is 123 Å². The molecule has 0 fully saturated rings. The van der Waals surface area contributed by atoms with E-state index in [9.17, 15) is 9.59 Å². The fraction of sp³-hybridized carbons (Fsp3) is 0.375. The van der Waals surface area contributed by atoms with Crippen molar-refractivity contribution in [3.8, 4) is 0 Å². The number of amides is 2. The summed E-state index contributed by atoms with van der Waals surface area (Å²) in [5.41, 5.74) is 8.35. The van der Waals surface area contributed by atoms with Gasteiger partial charge in [0, 0.05) is 28.7 Å². The molecular formula is C16H21N3O2. The molecule has 0 saturated carbocycles. The molecule has 0 unspecified atom stereocenters. The lowest BCUT2D eigenvalue weighted by atomic mass is 9.92. The van der Waals surface area contributed by atoms with Gasteiger partial charge in [0.15, 0.2) is 0 Å². The van der Waals surface area contributed by atoms with Gasteiger partial charge in [-0.1, -0.05) is 0 Å². The van der Waals surface area contributed by atoms with E-state index in [4.69, 9.17) is 5.73 Å². The van der Waals surface area contributed by atoms with Crippen molar-refractivity contribution in [1.29, 1.82) is 0 Å². The van der Waals surface area contributed by atoms with Crippen molar-refractivity contribution in [3.05, 3.63) is 35.0 Å². The Hall–Kier alpha value is -2.30. The Morgan fingerprint density at radius 3 is 2.57 bits per heavy atom. The lowest BCUT2D eigenvalue weighted by Gasteiger charge is -2.20. The molecule has 4 N–H and O–H groups in total. The van der Waals surface area contributed by atoms with Gasteiger partial charge in [0.2, 0.25) is 5.91 Å². The molecule has 0 bridgehead atoms. The Bertz CT molecular complexity index is 714. The van der Waals surface area contributed by atoms with Crippen LogP contribution < -0.4 is 11.1 Å². The second-order valence-electron chi connectivity index (χ2n) is 6.07. The molecule has 0 aliphatic carbocycles. The summed E-state index contributed by atoms with van der Waals surface area (Å²) in [4.78, 5) is 26.7. The Morgan fingerprint density at radius 2 is 1.95 bits per heavy atom. The third-order valence-electron chi connectivity index (χ3n) is 3.93. The molecule has 0 radical (unpaired) electrons. The first-order valence-electron chi connectivity index (χ1n) is 6.89. The van der Waals surface area contributed by atoms with E-state index in [1.165, 1.54) is 0 Å². The SMILES string of the molecule is Cc1[nH]c2ccc(C(=O)NCC(C)(C)C(N)=O)cc2c1C. The number of carbonyl (C=O) groups is 2. The topological polar surface area (TPSA) is 88.0 Å². The Kier molecular flexibility index (Phi) is 3.77. The molecule has 21 heavy (non-hydrogen) atoms.